The molecule has 158 valence electrons. The summed E-state index contributed by atoms with van der Waals surface area (Å²) >= 11 is 4.25. The lowest BCUT2D eigenvalue weighted by Gasteiger charge is -2.51. The topological polar surface area (TPSA) is 130 Å². The van der Waals surface area contributed by atoms with Gasteiger partial charge in [-0.05, 0) is 34.4 Å². The Morgan fingerprint density at radius 3 is 2.83 bits per heavy atom. The lowest BCUT2D eigenvalue weighted by atomic mass is 10.0. The summed E-state index contributed by atoms with van der Waals surface area (Å²) in [4.78, 5) is 39.3. The van der Waals surface area contributed by atoms with Crippen LogP contribution in [0.3, 0.4) is 0 Å². The van der Waals surface area contributed by atoms with Crippen LogP contribution < -0.4 is 5.32 Å². The molecule has 30 heavy (non-hydrogen) atoms. The van der Waals surface area contributed by atoms with E-state index in [9.17, 15) is 19.5 Å². The van der Waals surface area contributed by atoms with Gasteiger partial charge < -0.3 is 10.4 Å². The molecular weight excluding hydrogens is 448 g/mol. The van der Waals surface area contributed by atoms with Crippen molar-refractivity contribution in [3.8, 4) is 0 Å². The number of hydrogen-bond acceptors (Lipinski definition) is 9. The van der Waals surface area contributed by atoms with E-state index in [4.69, 9.17) is 0 Å². The van der Waals surface area contributed by atoms with Crippen LogP contribution in [0.1, 0.15) is 11.8 Å². The number of carbonyl (C=O) groups excluding carboxylic acids is 2. The summed E-state index contributed by atoms with van der Waals surface area (Å²) in [5, 5.41) is 25.7. The molecule has 4 rings (SSSR count). The maximum Gasteiger partial charge on any atom is 0.352 e. The van der Waals surface area contributed by atoms with Crippen LogP contribution in [0.15, 0.2) is 33.9 Å². The molecule has 0 spiro atoms. The Balaban J connectivity index is 1.49. The number of rotatable bonds is 7. The first-order chi connectivity index (χ1) is 14.4. The van der Waals surface area contributed by atoms with E-state index in [-0.39, 0.29) is 23.3 Å². The Labute approximate surface area is 184 Å². The number of fused-ring (bicyclic) bond motifs is 1. The number of aromatic nitrogens is 4. The largest absolute Gasteiger partial charge is 0.477 e. The van der Waals surface area contributed by atoms with Crippen LogP contribution in [0.2, 0.25) is 0 Å². The van der Waals surface area contributed by atoms with Gasteiger partial charge in [0.1, 0.15) is 17.1 Å². The molecule has 0 aliphatic carbocycles. The van der Waals surface area contributed by atoms with Crippen LogP contribution in [-0.4, -0.2) is 70.4 Å². The number of amides is 2. The molecule has 0 saturated carbocycles. The van der Waals surface area contributed by atoms with E-state index in [0.717, 1.165) is 4.88 Å². The Morgan fingerprint density at radius 1 is 1.40 bits per heavy atom. The molecule has 0 aromatic carbocycles. The molecule has 0 radical (unpaired) electrons. The van der Waals surface area contributed by atoms with Crippen molar-refractivity contribution >= 4 is 52.6 Å². The minimum atomic E-state index is -1.16. The van der Waals surface area contributed by atoms with Crippen molar-refractivity contribution in [2.24, 2.45) is 7.05 Å². The second-order valence-electron chi connectivity index (χ2n) is 6.73. The van der Waals surface area contributed by atoms with Crippen LogP contribution in [0, 0.1) is 0 Å². The van der Waals surface area contributed by atoms with E-state index in [0.29, 0.717) is 16.5 Å². The van der Waals surface area contributed by atoms with E-state index >= 15 is 0 Å². The number of β-lactam (4-membered cyclic amide) rings is 1. The van der Waals surface area contributed by atoms with Gasteiger partial charge in [0.15, 0.2) is 0 Å². The highest BCUT2D eigenvalue weighted by Crippen LogP contribution is 2.45. The van der Waals surface area contributed by atoms with Crippen LogP contribution in [0.25, 0.3) is 0 Å². The fourth-order valence-electron chi connectivity index (χ4n) is 3.32. The molecule has 2 aromatic rings. The number of nitrogens with zero attached hydrogens (tertiary/aromatic N) is 5. The molecule has 2 aromatic heterocycles. The number of thioether (sulfide) groups is 2. The average molecular weight is 467 g/mol. The van der Waals surface area contributed by atoms with Gasteiger partial charge in [0.2, 0.25) is 11.1 Å². The first-order valence-corrected chi connectivity index (χ1v) is 11.8. The number of carboxylic acids is 1. The molecule has 1 saturated heterocycles. The zero-order valence-corrected chi connectivity index (χ0v) is 18.5. The van der Waals surface area contributed by atoms with Crippen molar-refractivity contribution in [2.75, 3.05) is 5.75 Å². The molecule has 10 nitrogen and oxygen atoms in total. The van der Waals surface area contributed by atoms with Crippen molar-refractivity contribution < 1.29 is 19.5 Å². The Kier molecular flexibility index (Phi) is 5.84. The molecule has 1 unspecified atom stereocenters. The van der Waals surface area contributed by atoms with Gasteiger partial charge in [0.05, 0.1) is 6.42 Å². The van der Waals surface area contributed by atoms with Crippen molar-refractivity contribution in [1.29, 1.82) is 0 Å². The smallest absolute Gasteiger partial charge is 0.352 e. The van der Waals surface area contributed by atoms with E-state index in [2.05, 4.69) is 20.8 Å². The van der Waals surface area contributed by atoms with Crippen LogP contribution >= 0.6 is 34.9 Å². The number of carbonyl (C=O) groups is 3. The maximum absolute atomic E-state index is 12.7. The predicted molar refractivity (Wildman–Crippen MR) is 112 cm³/mol. The van der Waals surface area contributed by atoms with Gasteiger partial charge in [0, 0.05) is 22.9 Å². The lowest BCUT2D eigenvalue weighted by Crippen LogP contribution is -2.71. The number of carboxylic acid groups (broad SMARTS) is 1. The van der Waals surface area contributed by atoms with Gasteiger partial charge in [-0.15, -0.1) is 28.2 Å². The van der Waals surface area contributed by atoms with Crippen LogP contribution in [-0.2, 0) is 27.9 Å². The number of aryl methyl sites for hydroxylation is 1. The standard InChI is InChI=1S/C17H18N6O4S3/c1-8-10(7-29-17-19-20-21-22(17)2)13(16(26)27)23-14(25)12(15(23)30-8)18-11(24)6-9-4-3-5-28-9/h3-5,8,12,15H,6-7H2,1-2H3,(H,18,24)(H,26,27)/t8-,12?,15+/m1/s1. The molecule has 13 heteroatoms. The summed E-state index contributed by atoms with van der Waals surface area (Å²) in [7, 11) is 1.70. The maximum atomic E-state index is 12.7. The third kappa shape index (κ3) is 3.84. The fourth-order valence-corrected chi connectivity index (χ4v) is 6.57. The van der Waals surface area contributed by atoms with Gasteiger partial charge in [-0.2, -0.15) is 0 Å². The number of nitrogens with one attached hydrogen (secondary N) is 1. The summed E-state index contributed by atoms with van der Waals surface area (Å²) in [6.45, 7) is 1.91. The fraction of sp³-hybridized carbons (Fsp3) is 0.412. The van der Waals surface area contributed by atoms with Gasteiger partial charge in [-0.25, -0.2) is 9.48 Å². The Morgan fingerprint density at radius 2 is 2.20 bits per heavy atom. The van der Waals surface area contributed by atoms with Gasteiger partial charge in [0.25, 0.3) is 5.91 Å². The summed E-state index contributed by atoms with van der Waals surface area (Å²) < 4.78 is 1.50. The minimum Gasteiger partial charge on any atom is -0.477 e. The molecule has 2 amide bonds. The Hall–Kier alpha value is -2.38. The quantitative estimate of drug-likeness (QED) is 0.448. The highest BCUT2D eigenvalue weighted by Gasteiger charge is 2.55. The zero-order chi connectivity index (χ0) is 21.4. The van der Waals surface area contributed by atoms with Gasteiger partial charge in [-0.1, -0.05) is 17.8 Å². The molecule has 4 heterocycles. The van der Waals surface area contributed by atoms with Crippen LogP contribution in [0.5, 0.6) is 0 Å². The zero-order valence-electron chi connectivity index (χ0n) is 16.0. The first-order valence-electron chi connectivity index (χ1n) is 8.98. The summed E-state index contributed by atoms with van der Waals surface area (Å²) in [6, 6.07) is 3.00. The highest BCUT2D eigenvalue weighted by molar-refractivity contribution is 8.01. The van der Waals surface area contributed by atoms with Crippen molar-refractivity contribution in [2.45, 2.75) is 35.2 Å². The number of thiophene rings is 1. The number of aliphatic carboxylic acids is 1. The molecular formula is C17H18N6O4S3. The molecule has 1 fully saturated rings. The van der Waals surface area contributed by atoms with Crippen molar-refractivity contribution in [1.82, 2.24) is 30.4 Å². The summed E-state index contributed by atoms with van der Waals surface area (Å²) in [6.07, 6.45) is 0.198. The van der Waals surface area contributed by atoms with Crippen LogP contribution in [0.4, 0.5) is 0 Å². The number of hydrogen-bond donors (Lipinski definition) is 2. The molecule has 2 aliphatic heterocycles. The summed E-state index contributed by atoms with van der Waals surface area (Å²) in [5.41, 5.74) is 0.621. The Bertz CT molecular complexity index is 1020. The SMILES string of the molecule is C[C@H]1S[C@H]2C(NC(=O)Cc3cccs3)C(=O)N2C(C(=O)O)=C1CSc1nnnn1C. The van der Waals surface area contributed by atoms with E-state index in [1.165, 1.54) is 44.4 Å². The molecule has 0 bridgehead atoms. The highest BCUT2D eigenvalue weighted by atomic mass is 32.2. The van der Waals surface area contributed by atoms with E-state index in [1.807, 2.05) is 24.4 Å². The monoisotopic (exact) mass is 466 g/mol. The minimum absolute atomic E-state index is 0.0115. The van der Waals surface area contributed by atoms with Crippen molar-refractivity contribution in [3.63, 3.8) is 0 Å². The normalized spacial score (nSPS) is 23.2. The average Bonchev–Trinajstić information content (AvgIpc) is 3.36. The third-order valence-electron chi connectivity index (χ3n) is 4.79. The third-order valence-corrected chi connectivity index (χ3v) is 8.18. The van der Waals surface area contributed by atoms with E-state index in [1.54, 1.807) is 7.05 Å². The van der Waals surface area contributed by atoms with E-state index < -0.39 is 23.3 Å². The van der Waals surface area contributed by atoms with Crippen molar-refractivity contribution in [3.05, 3.63) is 33.7 Å². The molecule has 2 aliphatic rings. The van der Waals surface area contributed by atoms with Gasteiger partial charge in [-0.3, -0.25) is 14.5 Å². The second-order valence-corrected chi connectivity index (χ2v) is 10.2. The summed E-state index contributed by atoms with van der Waals surface area (Å²) in [5.74, 6) is -1.47. The predicted octanol–water partition coefficient (Wildman–Crippen LogP) is 0.733. The molecule has 2 N–H and O–H groups in total. The number of tetrazole rings is 1. The first kappa shape index (κ1) is 20.9. The van der Waals surface area contributed by atoms with Gasteiger partial charge >= 0.3 is 5.97 Å². The lowest BCUT2D eigenvalue weighted by molar-refractivity contribution is -0.150. The second kappa shape index (κ2) is 8.40. The molecule has 3 atom stereocenters.